The average Bonchev–Trinajstić information content (AvgIpc) is 2.54. The van der Waals surface area contributed by atoms with Crippen molar-refractivity contribution in [3.8, 4) is 0 Å². The highest BCUT2D eigenvalue weighted by Gasteiger charge is 2.30. The zero-order chi connectivity index (χ0) is 17.9. The molecule has 1 heterocycles. The largest absolute Gasteiger partial charge is 0.378 e. The van der Waals surface area contributed by atoms with Crippen LogP contribution >= 0.6 is 0 Å². The summed E-state index contributed by atoms with van der Waals surface area (Å²) in [5.74, 6) is 0.146. The van der Waals surface area contributed by atoms with Crippen LogP contribution in [0.1, 0.15) is 44.0 Å². The summed E-state index contributed by atoms with van der Waals surface area (Å²) < 4.78 is 0. The minimum absolute atomic E-state index is 0.0408. The molecule has 1 aromatic rings. The average molecular weight is 331 g/mol. The van der Waals surface area contributed by atoms with Crippen LogP contribution in [0.5, 0.6) is 0 Å². The van der Waals surface area contributed by atoms with Crippen LogP contribution in [0.4, 0.5) is 5.69 Å². The van der Waals surface area contributed by atoms with Crippen LogP contribution in [-0.4, -0.2) is 49.9 Å². The molecule has 0 spiro atoms. The molecule has 0 aliphatic carbocycles. The van der Waals surface area contributed by atoms with Gasteiger partial charge in [-0.3, -0.25) is 9.59 Å². The smallest absolute Gasteiger partial charge is 0.251 e. The second-order valence-corrected chi connectivity index (χ2v) is 7.73. The number of rotatable bonds is 3. The predicted molar refractivity (Wildman–Crippen MR) is 97.3 cm³/mol. The molecule has 132 valence electrons. The third-order valence-corrected chi connectivity index (χ3v) is 4.40. The molecule has 1 aliphatic rings. The van der Waals surface area contributed by atoms with E-state index in [0.29, 0.717) is 18.7 Å². The first-order valence-corrected chi connectivity index (χ1v) is 8.56. The third kappa shape index (κ3) is 4.49. The maximum absolute atomic E-state index is 12.4. The molecule has 0 aromatic heterocycles. The monoisotopic (exact) mass is 331 g/mol. The molecule has 5 nitrogen and oxygen atoms in total. The van der Waals surface area contributed by atoms with E-state index >= 15 is 0 Å². The van der Waals surface area contributed by atoms with Crippen LogP contribution in [-0.2, 0) is 4.79 Å². The van der Waals surface area contributed by atoms with Crippen LogP contribution in [0.25, 0.3) is 0 Å². The highest BCUT2D eigenvalue weighted by atomic mass is 16.2. The summed E-state index contributed by atoms with van der Waals surface area (Å²) in [6, 6.07) is 7.72. The lowest BCUT2D eigenvalue weighted by atomic mass is 9.93. The fourth-order valence-corrected chi connectivity index (χ4v) is 2.88. The number of nitrogens with one attached hydrogen (secondary N) is 1. The van der Waals surface area contributed by atoms with Crippen molar-refractivity contribution in [3.63, 3.8) is 0 Å². The summed E-state index contributed by atoms with van der Waals surface area (Å²) >= 11 is 0. The molecule has 0 saturated carbocycles. The fourth-order valence-electron chi connectivity index (χ4n) is 2.88. The minimum Gasteiger partial charge on any atom is -0.378 e. The Morgan fingerprint density at radius 1 is 1.08 bits per heavy atom. The van der Waals surface area contributed by atoms with Crippen LogP contribution in [0.15, 0.2) is 24.3 Å². The van der Waals surface area contributed by atoms with E-state index in [1.165, 1.54) is 0 Å². The SMILES string of the molecule is CN(C)c1ccc(C(=O)NC2CCN(C(=O)C(C)(C)C)CC2)cc1. The topological polar surface area (TPSA) is 52.7 Å². The molecular weight excluding hydrogens is 302 g/mol. The highest BCUT2D eigenvalue weighted by molar-refractivity contribution is 5.94. The lowest BCUT2D eigenvalue weighted by molar-refractivity contribution is -0.140. The minimum atomic E-state index is -0.343. The molecule has 0 bridgehead atoms. The summed E-state index contributed by atoms with van der Waals surface area (Å²) in [4.78, 5) is 28.6. The van der Waals surface area contributed by atoms with Gasteiger partial charge in [0.15, 0.2) is 0 Å². The van der Waals surface area contributed by atoms with Crippen molar-refractivity contribution in [1.29, 1.82) is 0 Å². The summed E-state index contributed by atoms with van der Waals surface area (Å²) in [6.07, 6.45) is 1.62. The predicted octanol–water partition coefficient (Wildman–Crippen LogP) is 2.52. The molecule has 5 heteroatoms. The molecule has 1 aliphatic heterocycles. The van der Waals surface area contributed by atoms with E-state index in [1.807, 2.05) is 68.9 Å². The molecule has 1 aromatic carbocycles. The number of piperidine rings is 1. The van der Waals surface area contributed by atoms with Crippen molar-refractivity contribution in [2.45, 2.75) is 39.7 Å². The maximum Gasteiger partial charge on any atom is 0.251 e. The molecule has 0 unspecified atom stereocenters. The first kappa shape index (κ1) is 18.3. The highest BCUT2D eigenvalue weighted by Crippen LogP contribution is 2.21. The van der Waals surface area contributed by atoms with Gasteiger partial charge in [0.05, 0.1) is 0 Å². The quantitative estimate of drug-likeness (QED) is 0.926. The van der Waals surface area contributed by atoms with Crippen molar-refractivity contribution >= 4 is 17.5 Å². The molecule has 24 heavy (non-hydrogen) atoms. The Morgan fingerprint density at radius 2 is 1.62 bits per heavy atom. The van der Waals surface area contributed by atoms with Gasteiger partial charge in [0.2, 0.25) is 5.91 Å². The van der Waals surface area contributed by atoms with Gasteiger partial charge in [-0.25, -0.2) is 0 Å². The van der Waals surface area contributed by atoms with Gasteiger partial charge in [-0.2, -0.15) is 0 Å². The number of hydrogen-bond acceptors (Lipinski definition) is 3. The van der Waals surface area contributed by atoms with E-state index < -0.39 is 0 Å². The summed E-state index contributed by atoms with van der Waals surface area (Å²) in [5, 5.41) is 3.09. The Morgan fingerprint density at radius 3 is 2.08 bits per heavy atom. The maximum atomic E-state index is 12.4. The Hall–Kier alpha value is -2.04. The van der Waals surface area contributed by atoms with E-state index in [9.17, 15) is 9.59 Å². The summed E-state index contributed by atoms with van der Waals surface area (Å²) in [7, 11) is 3.95. The van der Waals surface area contributed by atoms with Crippen LogP contribution < -0.4 is 10.2 Å². The number of carbonyl (C=O) groups is 2. The Bertz CT molecular complexity index is 580. The molecular formula is C19H29N3O2. The summed E-state index contributed by atoms with van der Waals surface area (Å²) in [5.41, 5.74) is 1.40. The molecule has 1 fully saturated rings. The van der Waals surface area contributed by atoms with E-state index in [0.717, 1.165) is 18.5 Å². The van der Waals surface area contributed by atoms with E-state index in [1.54, 1.807) is 0 Å². The summed E-state index contributed by atoms with van der Waals surface area (Å²) in [6.45, 7) is 7.25. The van der Waals surface area contributed by atoms with Crippen molar-refractivity contribution in [2.24, 2.45) is 5.41 Å². The number of hydrogen-bond donors (Lipinski definition) is 1. The zero-order valence-electron chi connectivity index (χ0n) is 15.4. The van der Waals surface area contributed by atoms with Crippen molar-refractivity contribution in [2.75, 3.05) is 32.1 Å². The normalized spacial score (nSPS) is 16.0. The molecule has 1 N–H and O–H groups in total. The second kappa shape index (κ2) is 7.24. The number of likely N-dealkylation sites (tertiary alicyclic amines) is 1. The van der Waals surface area contributed by atoms with Gasteiger partial charge in [0, 0.05) is 49.9 Å². The van der Waals surface area contributed by atoms with Gasteiger partial charge in [-0.1, -0.05) is 20.8 Å². The van der Waals surface area contributed by atoms with E-state index in [4.69, 9.17) is 0 Å². The van der Waals surface area contributed by atoms with Gasteiger partial charge in [0.1, 0.15) is 0 Å². The molecule has 1 saturated heterocycles. The second-order valence-electron chi connectivity index (χ2n) is 7.73. The number of nitrogens with zero attached hydrogens (tertiary/aromatic N) is 2. The third-order valence-electron chi connectivity index (χ3n) is 4.40. The van der Waals surface area contributed by atoms with E-state index in [2.05, 4.69) is 5.32 Å². The molecule has 0 radical (unpaired) electrons. The van der Waals surface area contributed by atoms with Gasteiger partial charge >= 0.3 is 0 Å². The lowest BCUT2D eigenvalue weighted by Gasteiger charge is -2.36. The first-order chi connectivity index (χ1) is 11.2. The molecule has 2 amide bonds. The lowest BCUT2D eigenvalue weighted by Crippen LogP contribution is -2.49. The van der Waals surface area contributed by atoms with Gasteiger partial charge < -0.3 is 15.1 Å². The van der Waals surface area contributed by atoms with Crippen molar-refractivity contribution in [3.05, 3.63) is 29.8 Å². The standard InChI is InChI=1S/C19H29N3O2/c1-19(2,3)18(24)22-12-10-15(11-13-22)20-17(23)14-6-8-16(9-7-14)21(4)5/h6-9,15H,10-13H2,1-5H3,(H,20,23). The van der Waals surface area contributed by atoms with Gasteiger partial charge in [-0.05, 0) is 37.1 Å². The van der Waals surface area contributed by atoms with Crippen LogP contribution in [0.2, 0.25) is 0 Å². The van der Waals surface area contributed by atoms with Crippen LogP contribution in [0.3, 0.4) is 0 Å². The number of anilines is 1. The first-order valence-electron chi connectivity index (χ1n) is 8.56. The fraction of sp³-hybridized carbons (Fsp3) is 0.579. The Kier molecular flexibility index (Phi) is 5.52. The van der Waals surface area contributed by atoms with Gasteiger partial charge in [0.25, 0.3) is 5.91 Å². The number of amides is 2. The number of carbonyl (C=O) groups excluding carboxylic acids is 2. The van der Waals surface area contributed by atoms with Gasteiger partial charge in [-0.15, -0.1) is 0 Å². The molecule has 0 atom stereocenters. The van der Waals surface area contributed by atoms with Crippen molar-refractivity contribution < 1.29 is 9.59 Å². The Labute approximate surface area is 145 Å². The van der Waals surface area contributed by atoms with Crippen molar-refractivity contribution in [1.82, 2.24) is 10.2 Å². The number of benzene rings is 1. The zero-order valence-corrected chi connectivity index (χ0v) is 15.4. The molecule has 2 rings (SSSR count). The Balaban J connectivity index is 1.87. The van der Waals surface area contributed by atoms with Crippen LogP contribution in [0, 0.1) is 5.41 Å². The van der Waals surface area contributed by atoms with E-state index in [-0.39, 0.29) is 23.3 Å².